The largest absolute Gasteiger partial charge is 0.416 e. The third kappa shape index (κ3) is 3.41. The number of halogens is 3. The molecule has 1 aromatic heterocycles. The van der Waals surface area contributed by atoms with Crippen LogP contribution in [0.15, 0.2) is 33.0 Å². The van der Waals surface area contributed by atoms with E-state index in [1.54, 1.807) is 0 Å². The molecule has 0 bridgehead atoms. The van der Waals surface area contributed by atoms with Crippen LogP contribution < -0.4 is 11.4 Å². The Balaban J connectivity index is 2.31. The standard InChI is InChI=1S/C12H13F3N4OS/c1-2-5-19-10(20)17-18-11(19)21-9-4-3-7(6-8(9)16)12(13,14)15/h3-4,6H,2,5,16H2,1H3,(H,17,20). The van der Waals surface area contributed by atoms with Gasteiger partial charge in [0.05, 0.1) is 5.56 Å². The summed E-state index contributed by atoms with van der Waals surface area (Å²) >= 11 is 1.05. The van der Waals surface area contributed by atoms with Gasteiger partial charge in [-0.2, -0.15) is 13.2 Å². The predicted molar refractivity (Wildman–Crippen MR) is 73.1 cm³/mol. The number of nitrogens with zero attached hydrogens (tertiary/aromatic N) is 2. The third-order valence-electron chi connectivity index (χ3n) is 2.71. The number of nitrogen functional groups attached to an aromatic ring is 1. The van der Waals surface area contributed by atoms with Gasteiger partial charge in [0.1, 0.15) is 0 Å². The average Bonchev–Trinajstić information content (AvgIpc) is 2.73. The summed E-state index contributed by atoms with van der Waals surface area (Å²) in [5, 5.41) is 6.53. The van der Waals surface area contributed by atoms with E-state index in [2.05, 4.69) is 10.2 Å². The van der Waals surface area contributed by atoms with Gasteiger partial charge in [0.15, 0.2) is 5.16 Å². The lowest BCUT2D eigenvalue weighted by Gasteiger charge is -2.10. The summed E-state index contributed by atoms with van der Waals surface area (Å²) in [6.07, 6.45) is -3.70. The van der Waals surface area contributed by atoms with Gasteiger partial charge in [-0.3, -0.25) is 4.57 Å². The number of anilines is 1. The van der Waals surface area contributed by atoms with Gasteiger partial charge >= 0.3 is 11.9 Å². The molecule has 5 nitrogen and oxygen atoms in total. The topological polar surface area (TPSA) is 76.7 Å². The van der Waals surface area contributed by atoms with Gasteiger partial charge < -0.3 is 5.73 Å². The first-order chi connectivity index (χ1) is 9.82. The van der Waals surface area contributed by atoms with Gasteiger partial charge in [0, 0.05) is 17.1 Å². The van der Waals surface area contributed by atoms with Crippen LogP contribution in [0.5, 0.6) is 0 Å². The highest BCUT2D eigenvalue weighted by molar-refractivity contribution is 7.99. The van der Waals surface area contributed by atoms with Gasteiger partial charge in [-0.05, 0) is 36.4 Å². The molecule has 0 saturated heterocycles. The minimum atomic E-state index is -4.44. The Kier molecular flexibility index (Phi) is 4.31. The Labute approximate surface area is 122 Å². The van der Waals surface area contributed by atoms with Crippen molar-refractivity contribution >= 4 is 17.4 Å². The van der Waals surface area contributed by atoms with Crippen LogP contribution in [-0.4, -0.2) is 14.8 Å². The molecule has 0 aliphatic heterocycles. The van der Waals surface area contributed by atoms with Crippen LogP contribution in [0.2, 0.25) is 0 Å². The van der Waals surface area contributed by atoms with E-state index in [4.69, 9.17) is 5.73 Å². The van der Waals surface area contributed by atoms with E-state index in [0.717, 1.165) is 30.3 Å². The molecule has 9 heteroatoms. The smallest absolute Gasteiger partial charge is 0.398 e. The fourth-order valence-corrected chi connectivity index (χ4v) is 2.60. The van der Waals surface area contributed by atoms with Crippen molar-refractivity contribution in [2.75, 3.05) is 5.73 Å². The van der Waals surface area contributed by atoms with Crippen molar-refractivity contribution in [1.29, 1.82) is 0 Å². The summed E-state index contributed by atoms with van der Waals surface area (Å²) < 4.78 is 39.1. The first-order valence-electron chi connectivity index (χ1n) is 6.12. The Hall–Kier alpha value is -1.90. The molecule has 3 N–H and O–H groups in total. The molecular weight excluding hydrogens is 305 g/mol. The highest BCUT2D eigenvalue weighted by Gasteiger charge is 2.30. The second-order valence-electron chi connectivity index (χ2n) is 4.32. The molecule has 1 aromatic carbocycles. The summed E-state index contributed by atoms with van der Waals surface area (Å²) in [6, 6.07) is 3.10. The maximum Gasteiger partial charge on any atom is 0.416 e. The Morgan fingerprint density at radius 1 is 1.43 bits per heavy atom. The van der Waals surface area contributed by atoms with Crippen LogP contribution in [0.25, 0.3) is 0 Å². The highest BCUT2D eigenvalue weighted by Crippen LogP contribution is 2.36. The SMILES string of the molecule is CCCn1c(Sc2ccc(C(F)(F)F)cc2N)n[nH]c1=O. The highest BCUT2D eigenvalue weighted by atomic mass is 32.2. The molecule has 0 fully saturated rings. The zero-order valence-electron chi connectivity index (χ0n) is 11.1. The van der Waals surface area contributed by atoms with Crippen LogP contribution in [-0.2, 0) is 12.7 Å². The van der Waals surface area contributed by atoms with Crippen LogP contribution in [0.1, 0.15) is 18.9 Å². The number of aromatic amines is 1. The number of aromatic nitrogens is 3. The first-order valence-corrected chi connectivity index (χ1v) is 6.94. The van der Waals surface area contributed by atoms with E-state index in [0.29, 0.717) is 16.6 Å². The normalized spacial score (nSPS) is 11.8. The number of benzene rings is 1. The summed E-state index contributed by atoms with van der Waals surface area (Å²) in [7, 11) is 0. The summed E-state index contributed by atoms with van der Waals surface area (Å²) in [6.45, 7) is 2.37. The van der Waals surface area contributed by atoms with E-state index in [9.17, 15) is 18.0 Å². The lowest BCUT2D eigenvalue weighted by atomic mass is 10.2. The maximum atomic E-state index is 12.6. The van der Waals surface area contributed by atoms with Crippen LogP contribution in [0, 0.1) is 0 Å². The van der Waals surface area contributed by atoms with Gasteiger partial charge in [0.2, 0.25) is 0 Å². The molecule has 1 heterocycles. The van der Waals surface area contributed by atoms with Gasteiger partial charge in [-0.25, -0.2) is 9.89 Å². The molecule has 0 spiro atoms. The van der Waals surface area contributed by atoms with Crippen molar-refractivity contribution in [2.24, 2.45) is 0 Å². The number of alkyl halides is 3. The van der Waals surface area contributed by atoms with Crippen molar-refractivity contribution in [1.82, 2.24) is 14.8 Å². The van der Waals surface area contributed by atoms with E-state index in [1.807, 2.05) is 6.92 Å². The molecule has 0 unspecified atom stereocenters. The molecule has 2 rings (SSSR count). The quantitative estimate of drug-likeness (QED) is 0.850. The number of nitrogens with two attached hydrogens (primary N) is 1. The van der Waals surface area contributed by atoms with E-state index in [1.165, 1.54) is 10.6 Å². The molecule has 0 aliphatic rings. The minimum Gasteiger partial charge on any atom is -0.398 e. The molecule has 0 saturated carbocycles. The minimum absolute atomic E-state index is 0.00618. The number of H-pyrrole nitrogens is 1. The van der Waals surface area contributed by atoms with Crippen molar-refractivity contribution < 1.29 is 13.2 Å². The fourth-order valence-electron chi connectivity index (χ4n) is 1.72. The number of hydrogen-bond donors (Lipinski definition) is 2. The third-order valence-corrected chi connectivity index (χ3v) is 3.79. The average molecular weight is 318 g/mol. The van der Waals surface area contributed by atoms with Gasteiger partial charge in [0.25, 0.3) is 0 Å². The molecule has 0 aliphatic carbocycles. The lowest BCUT2D eigenvalue weighted by Crippen LogP contribution is -2.17. The molecule has 2 aromatic rings. The molecule has 0 amide bonds. The first kappa shape index (κ1) is 15.5. The summed E-state index contributed by atoms with van der Waals surface area (Å²) in [4.78, 5) is 12.0. The Bertz CT molecular complexity index is 693. The van der Waals surface area contributed by atoms with Crippen molar-refractivity contribution in [3.8, 4) is 0 Å². The Morgan fingerprint density at radius 3 is 2.71 bits per heavy atom. The van der Waals surface area contributed by atoms with Gasteiger partial charge in [-0.15, -0.1) is 5.10 Å². The van der Waals surface area contributed by atoms with Crippen LogP contribution >= 0.6 is 11.8 Å². The van der Waals surface area contributed by atoms with Crippen LogP contribution in [0.4, 0.5) is 18.9 Å². The zero-order chi connectivity index (χ0) is 15.6. The van der Waals surface area contributed by atoms with E-state index < -0.39 is 11.7 Å². The summed E-state index contributed by atoms with van der Waals surface area (Å²) in [5.74, 6) is 0. The fraction of sp³-hybridized carbons (Fsp3) is 0.333. The number of rotatable bonds is 4. The zero-order valence-corrected chi connectivity index (χ0v) is 11.9. The predicted octanol–water partition coefficient (Wildman–Crippen LogP) is 2.73. The van der Waals surface area contributed by atoms with Crippen LogP contribution in [0.3, 0.4) is 0 Å². The monoisotopic (exact) mass is 318 g/mol. The van der Waals surface area contributed by atoms with Gasteiger partial charge in [-0.1, -0.05) is 6.92 Å². The molecule has 0 atom stereocenters. The number of hydrogen-bond acceptors (Lipinski definition) is 4. The van der Waals surface area contributed by atoms with E-state index in [-0.39, 0.29) is 11.4 Å². The van der Waals surface area contributed by atoms with Crippen molar-refractivity contribution in [3.63, 3.8) is 0 Å². The second kappa shape index (κ2) is 5.84. The molecule has 0 radical (unpaired) electrons. The van der Waals surface area contributed by atoms with E-state index >= 15 is 0 Å². The second-order valence-corrected chi connectivity index (χ2v) is 5.32. The molecular formula is C12H13F3N4OS. The van der Waals surface area contributed by atoms with Crippen molar-refractivity contribution in [3.05, 3.63) is 34.2 Å². The maximum absolute atomic E-state index is 12.6. The molecule has 21 heavy (non-hydrogen) atoms. The number of nitrogens with one attached hydrogen (secondary N) is 1. The van der Waals surface area contributed by atoms with Crippen molar-refractivity contribution in [2.45, 2.75) is 36.1 Å². The lowest BCUT2D eigenvalue weighted by molar-refractivity contribution is -0.137. The Morgan fingerprint density at radius 2 is 2.14 bits per heavy atom. The summed E-state index contributed by atoms with van der Waals surface area (Å²) in [5.41, 5.74) is 4.48. The molecule has 114 valence electrons.